The Morgan fingerprint density at radius 1 is 1.29 bits per heavy atom. The molecule has 2 N–H and O–H groups in total. The summed E-state index contributed by atoms with van der Waals surface area (Å²) in [6.45, 7) is 9.44. The van der Waals surface area contributed by atoms with Crippen LogP contribution >= 0.6 is 0 Å². The molecule has 0 saturated heterocycles. The molecule has 2 unspecified atom stereocenters. The smallest absolute Gasteiger partial charge is 0.0271 e. The predicted octanol–water partition coefficient (Wildman–Crippen LogP) is 2.28. The van der Waals surface area contributed by atoms with E-state index in [1.165, 1.54) is 12.0 Å². The zero-order chi connectivity index (χ0) is 12.7. The summed E-state index contributed by atoms with van der Waals surface area (Å²) in [4.78, 5) is 6.51. The van der Waals surface area contributed by atoms with Crippen molar-refractivity contribution in [3.05, 3.63) is 30.1 Å². The molecule has 1 rings (SSSR count). The third kappa shape index (κ3) is 4.10. The lowest BCUT2D eigenvalue weighted by Gasteiger charge is -2.34. The quantitative estimate of drug-likeness (QED) is 0.788. The normalized spacial score (nSPS) is 14.9. The van der Waals surface area contributed by atoms with Crippen molar-refractivity contribution in [2.24, 2.45) is 11.7 Å². The molecule has 17 heavy (non-hydrogen) atoms. The fourth-order valence-electron chi connectivity index (χ4n) is 2.20. The first kappa shape index (κ1) is 14.1. The molecule has 0 aliphatic heterocycles. The van der Waals surface area contributed by atoms with Gasteiger partial charge >= 0.3 is 0 Å². The molecule has 1 aromatic heterocycles. The number of hydrogen-bond donors (Lipinski definition) is 1. The first-order valence-corrected chi connectivity index (χ1v) is 6.55. The summed E-state index contributed by atoms with van der Waals surface area (Å²) in [5.41, 5.74) is 7.23. The number of nitrogens with zero attached hydrogens (tertiary/aromatic N) is 2. The maximum absolute atomic E-state index is 5.93. The van der Waals surface area contributed by atoms with Crippen LogP contribution < -0.4 is 5.73 Å². The van der Waals surface area contributed by atoms with Crippen LogP contribution in [-0.4, -0.2) is 29.0 Å². The predicted molar refractivity (Wildman–Crippen MR) is 72.6 cm³/mol. The van der Waals surface area contributed by atoms with Gasteiger partial charge in [-0.25, -0.2) is 0 Å². The number of rotatable bonds is 7. The Morgan fingerprint density at radius 2 is 1.94 bits per heavy atom. The van der Waals surface area contributed by atoms with Crippen LogP contribution in [0.5, 0.6) is 0 Å². The van der Waals surface area contributed by atoms with Crippen LogP contribution in [0.25, 0.3) is 0 Å². The van der Waals surface area contributed by atoms with E-state index in [0.29, 0.717) is 12.0 Å². The fraction of sp³-hybridized carbons (Fsp3) is 0.643. The third-order valence-corrected chi connectivity index (χ3v) is 3.55. The molecule has 0 bridgehead atoms. The van der Waals surface area contributed by atoms with Crippen LogP contribution in [0.3, 0.4) is 0 Å². The van der Waals surface area contributed by atoms with Gasteiger partial charge in [-0.15, -0.1) is 0 Å². The van der Waals surface area contributed by atoms with E-state index in [0.717, 1.165) is 19.6 Å². The van der Waals surface area contributed by atoms with E-state index < -0.39 is 0 Å². The Hall–Kier alpha value is -0.930. The third-order valence-electron chi connectivity index (χ3n) is 3.55. The zero-order valence-electron chi connectivity index (χ0n) is 11.3. The lowest BCUT2D eigenvalue weighted by molar-refractivity contribution is 0.150. The maximum Gasteiger partial charge on any atom is 0.0271 e. The van der Waals surface area contributed by atoms with Crippen molar-refractivity contribution in [2.45, 2.75) is 39.8 Å². The highest BCUT2D eigenvalue weighted by atomic mass is 15.2. The molecule has 3 nitrogen and oxygen atoms in total. The standard InChI is InChI=1S/C14H25N3/c1-4-12(3)14(10-15)17(5-2)11-13-6-8-16-9-7-13/h6-9,12,14H,4-5,10-11,15H2,1-3H3. The van der Waals surface area contributed by atoms with E-state index in [9.17, 15) is 0 Å². The monoisotopic (exact) mass is 235 g/mol. The van der Waals surface area contributed by atoms with E-state index in [4.69, 9.17) is 5.73 Å². The molecule has 0 amide bonds. The van der Waals surface area contributed by atoms with E-state index in [-0.39, 0.29) is 0 Å². The number of aromatic nitrogens is 1. The van der Waals surface area contributed by atoms with Gasteiger partial charge in [-0.3, -0.25) is 9.88 Å². The first-order chi connectivity index (χ1) is 8.22. The highest BCUT2D eigenvalue weighted by molar-refractivity contribution is 5.09. The molecule has 3 heteroatoms. The van der Waals surface area contributed by atoms with Crippen molar-refractivity contribution >= 4 is 0 Å². The van der Waals surface area contributed by atoms with Crippen molar-refractivity contribution in [1.82, 2.24) is 9.88 Å². The second-order valence-corrected chi connectivity index (χ2v) is 4.61. The molecule has 0 aliphatic carbocycles. The molecular formula is C14H25N3. The van der Waals surface area contributed by atoms with E-state index in [1.807, 2.05) is 12.4 Å². The minimum Gasteiger partial charge on any atom is -0.329 e. The minimum absolute atomic E-state index is 0.471. The highest BCUT2D eigenvalue weighted by Gasteiger charge is 2.20. The molecule has 0 radical (unpaired) electrons. The topological polar surface area (TPSA) is 42.1 Å². The number of hydrogen-bond acceptors (Lipinski definition) is 3. The van der Waals surface area contributed by atoms with Gasteiger partial charge in [-0.1, -0.05) is 27.2 Å². The Kier molecular flexibility index (Phi) is 6.16. The van der Waals surface area contributed by atoms with Crippen LogP contribution in [0, 0.1) is 5.92 Å². The van der Waals surface area contributed by atoms with Gasteiger partial charge in [0.15, 0.2) is 0 Å². The van der Waals surface area contributed by atoms with Crippen LogP contribution in [0.4, 0.5) is 0 Å². The first-order valence-electron chi connectivity index (χ1n) is 6.55. The summed E-state index contributed by atoms with van der Waals surface area (Å²) in [7, 11) is 0. The SMILES string of the molecule is CCC(C)C(CN)N(CC)Cc1ccncc1. The fourth-order valence-corrected chi connectivity index (χ4v) is 2.20. The summed E-state index contributed by atoms with van der Waals surface area (Å²) in [5, 5.41) is 0. The number of pyridine rings is 1. The second kappa shape index (κ2) is 7.41. The van der Waals surface area contributed by atoms with Gasteiger partial charge in [0.05, 0.1) is 0 Å². The van der Waals surface area contributed by atoms with Gasteiger partial charge in [-0.2, -0.15) is 0 Å². The molecule has 96 valence electrons. The summed E-state index contributed by atoms with van der Waals surface area (Å²) >= 11 is 0. The summed E-state index contributed by atoms with van der Waals surface area (Å²) in [6.07, 6.45) is 4.88. The summed E-state index contributed by atoms with van der Waals surface area (Å²) in [5.74, 6) is 0.641. The molecule has 0 fully saturated rings. The zero-order valence-corrected chi connectivity index (χ0v) is 11.3. The molecule has 2 atom stereocenters. The van der Waals surface area contributed by atoms with E-state index in [1.54, 1.807) is 0 Å². The van der Waals surface area contributed by atoms with Crippen molar-refractivity contribution in [3.63, 3.8) is 0 Å². The maximum atomic E-state index is 5.93. The lowest BCUT2D eigenvalue weighted by atomic mass is 9.97. The largest absolute Gasteiger partial charge is 0.329 e. The molecule has 0 saturated carbocycles. The van der Waals surface area contributed by atoms with Gasteiger partial charge in [0.2, 0.25) is 0 Å². The highest BCUT2D eigenvalue weighted by Crippen LogP contribution is 2.16. The molecule has 0 spiro atoms. The average molecular weight is 235 g/mol. The molecule has 0 aromatic carbocycles. The number of nitrogens with two attached hydrogens (primary N) is 1. The van der Waals surface area contributed by atoms with Crippen LogP contribution in [0.2, 0.25) is 0 Å². The molecule has 0 aliphatic rings. The van der Waals surface area contributed by atoms with E-state index >= 15 is 0 Å². The molecule has 1 heterocycles. The van der Waals surface area contributed by atoms with Gasteiger partial charge in [0.1, 0.15) is 0 Å². The Labute approximate surface area is 105 Å². The average Bonchev–Trinajstić information content (AvgIpc) is 2.39. The molecule has 1 aromatic rings. The van der Waals surface area contributed by atoms with Gasteiger partial charge < -0.3 is 5.73 Å². The molecular weight excluding hydrogens is 210 g/mol. The van der Waals surface area contributed by atoms with Crippen LogP contribution in [0.15, 0.2) is 24.5 Å². The van der Waals surface area contributed by atoms with Gasteiger partial charge in [0.25, 0.3) is 0 Å². The van der Waals surface area contributed by atoms with E-state index in [2.05, 4.69) is 42.8 Å². The van der Waals surface area contributed by atoms with Crippen molar-refractivity contribution in [1.29, 1.82) is 0 Å². The Balaban J connectivity index is 2.69. The second-order valence-electron chi connectivity index (χ2n) is 4.61. The van der Waals surface area contributed by atoms with Crippen LogP contribution in [-0.2, 0) is 6.54 Å². The minimum atomic E-state index is 0.471. The summed E-state index contributed by atoms with van der Waals surface area (Å²) in [6, 6.07) is 4.62. The van der Waals surface area contributed by atoms with Gasteiger partial charge in [0, 0.05) is 31.5 Å². The van der Waals surface area contributed by atoms with Gasteiger partial charge in [-0.05, 0) is 30.2 Å². The Morgan fingerprint density at radius 3 is 2.41 bits per heavy atom. The summed E-state index contributed by atoms with van der Waals surface area (Å²) < 4.78 is 0. The number of likely N-dealkylation sites (N-methyl/N-ethyl adjacent to an activating group) is 1. The van der Waals surface area contributed by atoms with Crippen molar-refractivity contribution < 1.29 is 0 Å². The van der Waals surface area contributed by atoms with Crippen molar-refractivity contribution in [2.75, 3.05) is 13.1 Å². The Bertz CT molecular complexity index is 300. The van der Waals surface area contributed by atoms with Crippen molar-refractivity contribution in [3.8, 4) is 0 Å². The lowest BCUT2D eigenvalue weighted by Crippen LogP contribution is -2.44. The van der Waals surface area contributed by atoms with Crippen LogP contribution in [0.1, 0.15) is 32.8 Å².